The molecule has 0 bridgehead atoms. The highest BCUT2D eigenvalue weighted by Crippen LogP contribution is 2.37. The van der Waals surface area contributed by atoms with Gasteiger partial charge in [-0.25, -0.2) is 4.39 Å². The molecule has 0 aliphatic carbocycles. The summed E-state index contributed by atoms with van der Waals surface area (Å²) in [4.78, 5) is 24.4. The SMILES string of the molecule is C[C@@H](Br)C(=O)Nc1cc2c(cc1C(=O)c1ccccc1F)OCCO2. The van der Waals surface area contributed by atoms with Crippen LogP contribution < -0.4 is 14.8 Å². The van der Waals surface area contributed by atoms with Gasteiger partial charge in [-0.1, -0.05) is 28.1 Å². The fourth-order valence-electron chi connectivity index (χ4n) is 2.40. The quantitative estimate of drug-likeness (QED) is 0.621. The van der Waals surface area contributed by atoms with Crippen LogP contribution in [0.2, 0.25) is 0 Å². The fraction of sp³-hybridized carbons (Fsp3) is 0.222. The molecule has 1 atom stereocenters. The lowest BCUT2D eigenvalue weighted by atomic mass is 10.00. The molecule has 0 aromatic heterocycles. The molecule has 130 valence electrons. The van der Waals surface area contributed by atoms with Gasteiger partial charge >= 0.3 is 0 Å². The van der Waals surface area contributed by atoms with Gasteiger partial charge in [-0.3, -0.25) is 9.59 Å². The van der Waals surface area contributed by atoms with E-state index in [0.29, 0.717) is 24.7 Å². The third-order valence-corrected chi connectivity index (χ3v) is 4.08. The molecule has 1 aliphatic rings. The van der Waals surface area contributed by atoms with Gasteiger partial charge in [-0.15, -0.1) is 0 Å². The zero-order valence-electron chi connectivity index (χ0n) is 13.3. The molecule has 25 heavy (non-hydrogen) atoms. The Labute approximate surface area is 152 Å². The minimum atomic E-state index is -0.631. The number of nitrogens with one attached hydrogen (secondary N) is 1. The predicted molar refractivity (Wildman–Crippen MR) is 94.3 cm³/mol. The molecule has 1 amide bonds. The Morgan fingerprint density at radius 3 is 2.40 bits per heavy atom. The summed E-state index contributed by atoms with van der Waals surface area (Å²) in [7, 11) is 0. The van der Waals surface area contributed by atoms with E-state index in [1.54, 1.807) is 13.0 Å². The number of anilines is 1. The molecular formula is C18H15BrFNO4. The van der Waals surface area contributed by atoms with Crippen LogP contribution in [0.15, 0.2) is 36.4 Å². The van der Waals surface area contributed by atoms with Crippen molar-refractivity contribution in [1.29, 1.82) is 0 Å². The molecule has 1 N–H and O–H groups in total. The third-order valence-electron chi connectivity index (χ3n) is 3.66. The molecule has 1 aliphatic heterocycles. The maximum absolute atomic E-state index is 14.0. The maximum atomic E-state index is 14.0. The molecular weight excluding hydrogens is 393 g/mol. The van der Waals surface area contributed by atoms with E-state index in [1.165, 1.54) is 30.3 Å². The monoisotopic (exact) mass is 407 g/mol. The number of fused-ring (bicyclic) bond motifs is 1. The van der Waals surface area contributed by atoms with Crippen molar-refractivity contribution in [3.05, 3.63) is 53.3 Å². The number of rotatable bonds is 4. The topological polar surface area (TPSA) is 64.6 Å². The van der Waals surface area contributed by atoms with Gasteiger partial charge in [0.25, 0.3) is 0 Å². The van der Waals surface area contributed by atoms with E-state index in [4.69, 9.17) is 9.47 Å². The van der Waals surface area contributed by atoms with Gasteiger partial charge in [0.1, 0.15) is 19.0 Å². The lowest BCUT2D eigenvalue weighted by Gasteiger charge is -2.21. The van der Waals surface area contributed by atoms with Crippen LogP contribution in [0.3, 0.4) is 0 Å². The number of alkyl halides is 1. The van der Waals surface area contributed by atoms with E-state index < -0.39 is 16.4 Å². The van der Waals surface area contributed by atoms with Crippen molar-refractivity contribution in [2.75, 3.05) is 18.5 Å². The van der Waals surface area contributed by atoms with Crippen molar-refractivity contribution >= 4 is 33.3 Å². The Morgan fingerprint density at radius 1 is 1.12 bits per heavy atom. The van der Waals surface area contributed by atoms with Crippen LogP contribution in [0.1, 0.15) is 22.8 Å². The second-order valence-electron chi connectivity index (χ2n) is 5.46. The molecule has 0 saturated carbocycles. The predicted octanol–water partition coefficient (Wildman–Crippen LogP) is 3.55. The molecule has 0 spiro atoms. The molecule has 2 aromatic rings. The molecule has 2 aromatic carbocycles. The van der Waals surface area contributed by atoms with Gasteiger partial charge in [0.05, 0.1) is 21.6 Å². The minimum Gasteiger partial charge on any atom is -0.486 e. The normalized spacial score (nSPS) is 13.9. The second-order valence-corrected chi connectivity index (χ2v) is 6.83. The first-order valence-electron chi connectivity index (χ1n) is 7.65. The molecule has 1 heterocycles. The maximum Gasteiger partial charge on any atom is 0.237 e. The highest BCUT2D eigenvalue weighted by atomic mass is 79.9. The Hall–Kier alpha value is -2.41. The van der Waals surface area contributed by atoms with Crippen LogP contribution in [0.5, 0.6) is 11.5 Å². The Kier molecular flexibility index (Phi) is 5.03. The molecule has 7 heteroatoms. The minimum absolute atomic E-state index is 0.0819. The summed E-state index contributed by atoms with van der Waals surface area (Å²) in [6, 6.07) is 8.68. The molecule has 0 unspecified atom stereocenters. The van der Waals surface area contributed by atoms with Gasteiger partial charge in [-0.2, -0.15) is 0 Å². The Balaban J connectivity index is 2.08. The lowest BCUT2D eigenvalue weighted by Crippen LogP contribution is -2.23. The van der Waals surface area contributed by atoms with Crippen LogP contribution in [-0.2, 0) is 4.79 Å². The van der Waals surface area contributed by atoms with Crippen LogP contribution in [0.4, 0.5) is 10.1 Å². The lowest BCUT2D eigenvalue weighted by molar-refractivity contribution is -0.115. The standard InChI is InChI=1S/C18H15BrFNO4/c1-10(19)18(23)21-14-9-16-15(24-6-7-25-16)8-12(14)17(22)11-4-2-3-5-13(11)20/h2-5,8-10H,6-7H2,1H3,(H,21,23)/t10-/m1/s1. The largest absolute Gasteiger partial charge is 0.486 e. The summed E-state index contributed by atoms with van der Waals surface area (Å²) >= 11 is 3.18. The summed E-state index contributed by atoms with van der Waals surface area (Å²) in [6.07, 6.45) is 0. The van der Waals surface area contributed by atoms with Crippen LogP contribution in [-0.4, -0.2) is 29.7 Å². The summed E-state index contributed by atoms with van der Waals surface area (Å²) in [5, 5.41) is 2.67. The zero-order valence-corrected chi connectivity index (χ0v) is 14.9. The number of ether oxygens (including phenoxy) is 2. The summed E-state index contributed by atoms with van der Waals surface area (Å²) in [5.41, 5.74) is 0.297. The Morgan fingerprint density at radius 2 is 1.76 bits per heavy atom. The van der Waals surface area contributed by atoms with Crippen LogP contribution >= 0.6 is 15.9 Å². The average molecular weight is 408 g/mol. The zero-order chi connectivity index (χ0) is 18.0. The fourth-order valence-corrected chi connectivity index (χ4v) is 2.52. The van der Waals surface area contributed by atoms with Crippen LogP contribution in [0.25, 0.3) is 0 Å². The van der Waals surface area contributed by atoms with Gasteiger partial charge in [0, 0.05) is 6.07 Å². The molecule has 0 saturated heterocycles. The number of benzene rings is 2. The highest BCUT2D eigenvalue weighted by Gasteiger charge is 2.24. The van der Waals surface area contributed by atoms with Crippen molar-refractivity contribution < 1.29 is 23.5 Å². The number of amides is 1. The highest BCUT2D eigenvalue weighted by molar-refractivity contribution is 9.10. The number of hydrogen-bond acceptors (Lipinski definition) is 4. The number of halogens is 2. The average Bonchev–Trinajstić information content (AvgIpc) is 2.61. The summed E-state index contributed by atoms with van der Waals surface area (Å²) < 4.78 is 25.0. The van der Waals surface area contributed by atoms with E-state index in [-0.39, 0.29) is 22.7 Å². The van der Waals surface area contributed by atoms with E-state index in [2.05, 4.69) is 21.2 Å². The van der Waals surface area contributed by atoms with Gasteiger partial charge in [-0.05, 0) is 25.1 Å². The number of ketones is 1. The molecule has 5 nitrogen and oxygen atoms in total. The van der Waals surface area contributed by atoms with Crippen molar-refractivity contribution in [1.82, 2.24) is 0 Å². The van der Waals surface area contributed by atoms with E-state index in [1.807, 2.05) is 0 Å². The third kappa shape index (κ3) is 3.66. The summed E-state index contributed by atoms with van der Waals surface area (Å²) in [6.45, 7) is 2.38. The second kappa shape index (κ2) is 7.23. The van der Waals surface area contributed by atoms with Gasteiger partial charge in [0.2, 0.25) is 5.91 Å². The smallest absolute Gasteiger partial charge is 0.237 e. The van der Waals surface area contributed by atoms with E-state index in [0.717, 1.165) is 0 Å². The molecule has 0 fully saturated rings. The molecule has 0 radical (unpaired) electrons. The van der Waals surface area contributed by atoms with Gasteiger partial charge < -0.3 is 14.8 Å². The Bertz CT molecular complexity index is 838. The van der Waals surface area contributed by atoms with Crippen molar-refractivity contribution in [3.8, 4) is 11.5 Å². The first-order valence-corrected chi connectivity index (χ1v) is 8.56. The van der Waals surface area contributed by atoms with Gasteiger partial charge in [0.15, 0.2) is 17.3 Å². The number of hydrogen-bond donors (Lipinski definition) is 1. The van der Waals surface area contributed by atoms with E-state index >= 15 is 0 Å². The first kappa shape index (κ1) is 17.4. The molecule has 3 rings (SSSR count). The van der Waals surface area contributed by atoms with Crippen molar-refractivity contribution in [2.45, 2.75) is 11.8 Å². The van der Waals surface area contributed by atoms with Crippen LogP contribution in [0, 0.1) is 5.82 Å². The van der Waals surface area contributed by atoms with Crippen molar-refractivity contribution in [3.63, 3.8) is 0 Å². The first-order chi connectivity index (χ1) is 12.0. The number of carbonyl (C=O) groups excluding carboxylic acids is 2. The number of carbonyl (C=O) groups is 2. The van der Waals surface area contributed by atoms with E-state index in [9.17, 15) is 14.0 Å². The van der Waals surface area contributed by atoms with Crippen molar-refractivity contribution in [2.24, 2.45) is 0 Å². The summed E-state index contributed by atoms with van der Waals surface area (Å²) in [5.74, 6) is -0.704.